The van der Waals surface area contributed by atoms with Gasteiger partial charge in [-0.25, -0.2) is 4.98 Å². The second kappa shape index (κ2) is 3.96. The maximum atomic E-state index is 4.50. The third-order valence-electron chi connectivity index (χ3n) is 2.64. The van der Waals surface area contributed by atoms with Crippen molar-refractivity contribution in [3.8, 4) is 0 Å². The summed E-state index contributed by atoms with van der Waals surface area (Å²) in [6.07, 6.45) is 3.27. The van der Waals surface area contributed by atoms with Gasteiger partial charge in [0.2, 0.25) is 0 Å². The van der Waals surface area contributed by atoms with E-state index in [1.165, 1.54) is 30.6 Å². The predicted molar refractivity (Wildman–Crippen MR) is 58.6 cm³/mol. The number of hydrogen-bond donors (Lipinski definition) is 1. The van der Waals surface area contributed by atoms with E-state index in [2.05, 4.69) is 28.2 Å². The van der Waals surface area contributed by atoms with Crippen molar-refractivity contribution < 1.29 is 0 Å². The van der Waals surface area contributed by atoms with E-state index in [-0.39, 0.29) is 0 Å². The predicted octanol–water partition coefficient (Wildman–Crippen LogP) is 1.32. The van der Waals surface area contributed by atoms with Gasteiger partial charge in [-0.05, 0) is 37.6 Å². The fourth-order valence-corrected chi connectivity index (χ4v) is 1.79. The Balaban J connectivity index is 2.17. The smallest absolute Gasteiger partial charge is 0.131 e. The number of anilines is 1. The molecular weight excluding hydrogens is 174 g/mol. The molecule has 3 heteroatoms. The first-order valence-corrected chi connectivity index (χ1v) is 5.16. The minimum Gasteiger partial charge on any atom is -0.356 e. The summed E-state index contributed by atoms with van der Waals surface area (Å²) in [6.45, 7) is 5.37. The number of hydrogen-bond acceptors (Lipinski definition) is 3. The third kappa shape index (κ3) is 1.73. The topological polar surface area (TPSA) is 28.2 Å². The second-order valence-corrected chi connectivity index (χ2v) is 3.86. The van der Waals surface area contributed by atoms with Gasteiger partial charge in [0.25, 0.3) is 0 Å². The van der Waals surface area contributed by atoms with Gasteiger partial charge in [-0.2, -0.15) is 0 Å². The minimum atomic E-state index is 0.897. The standard InChI is InChI=1S/C11H17N3/c1-9-6-10(7-12-2)8-13-11(9)14-4-3-5-14/h6,8,12H,3-5,7H2,1-2H3. The zero-order valence-electron chi connectivity index (χ0n) is 8.88. The summed E-state index contributed by atoms with van der Waals surface area (Å²) in [5, 5.41) is 3.13. The van der Waals surface area contributed by atoms with Crippen molar-refractivity contribution in [1.82, 2.24) is 10.3 Å². The minimum absolute atomic E-state index is 0.897. The normalized spacial score (nSPS) is 15.4. The lowest BCUT2D eigenvalue weighted by atomic mass is 10.1. The Bertz CT molecular complexity index is 318. The highest BCUT2D eigenvalue weighted by molar-refractivity contribution is 5.48. The lowest BCUT2D eigenvalue weighted by molar-refractivity contribution is 0.607. The number of aryl methyl sites for hydroxylation is 1. The van der Waals surface area contributed by atoms with Gasteiger partial charge in [0, 0.05) is 25.8 Å². The van der Waals surface area contributed by atoms with E-state index in [0.717, 1.165) is 12.4 Å². The van der Waals surface area contributed by atoms with E-state index in [9.17, 15) is 0 Å². The summed E-state index contributed by atoms with van der Waals surface area (Å²) in [5.41, 5.74) is 2.55. The van der Waals surface area contributed by atoms with Crippen LogP contribution in [0.25, 0.3) is 0 Å². The lowest BCUT2D eigenvalue weighted by Gasteiger charge is -2.33. The van der Waals surface area contributed by atoms with Gasteiger partial charge >= 0.3 is 0 Å². The molecule has 0 bridgehead atoms. The van der Waals surface area contributed by atoms with Gasteiger partial charge < -0.3 is 10.2 Å². The molecule has 1 aromatic rings. The summed E-state index contributed by atoms with van der Waals surface area (Å²) in [4.78, 5) is 6.84. The molecule has 1 N–H and O–H groups in total. The number of aromatic nitrogens is 1. The highest BCUT2D eigenvalue weighted by atomic mass is 15.2. The Morgan fingerprint density at radius 1 is 1.50 bits per heavy atom. The Morgan fingerprint density at radius 2 is 2.29 bits per heavy atom. The Hall–Kier alpha value is -1.09. The third-order valence-corrected chi connectivity index (χ3v) is 2.64. The van der Waals surface area contributed by atoms with Crippen molar-refractivity contribution in [1.29, 1.82) is 0 Å². The lowest BCUT2D eigenvalue weighted by Crippen LogP contribution is -2.38. The molecule has 0 aliphatic carbocycles. The van der Waals surface area contributed by atoms with Crippen LogP contribution in [0.15, 0.2) is 12.3 Å². The molecule has 2 rings (SSSR count). The van der Waals surface area contributed by atoms with Gasteiger partial charge in [-0.1, -0.05) is 0 Å². The molecule has 0 atom stereocenters. The molecule has 14 heavy (non-hydrogen) atoms. The molecule has 1 saturated heterocycles. The van der Waals surface area contributed by atoms with Crippen LogP contribution in [-0.4, -0.2) is 25.1 Å². The summed E-state index contributed by atoms with van der Waals surface area (Å²) < 4.78 is 0. The number of nitrogens with one attached hydrogen (secondary N) is 1. The van der Waals surface area contributed by atoms with Crippen LogP contribution >= 0.6 is 0 Å². The Kier molecular flexibility index (Phi) is 2.68. The van der Waals surface area contributed by atoms with Gasteiger partial charge in [-0.3, -0.25) is 0 Å². The largest absolute Gasteiger partial charge is 0.356 e. The first kappa shape index (κ1) is 9.46. The molecule has 1 aliphatic rings. The van der Waals surface area contributed by atoms with E-state index >= 15 is 0 Å². The molecule has 0 aromatic carbocycles. The van der Waals surface area contributed by atoms with Crippen molar-refractivity contribution in [2.24, 2.45) is 0 Å². The quantitative estimate of drug-likeness (QED) is 0.781. The van der Waals surface area contributed by atoms with E-state index in [1.54, 1.807) is 0 Å². The first-order chi connectivity index (χ1) is 6.81. The number of rotatable bonds is 3. The maximum Gasteiger partial charge on any atom is 0.131 e. The Labute approximate surface area is 85.1 Å². The highest BCUT2D eigenvalue weighted by Crippen LogP contribution is 2.22. The monoisotopic (exact) mass is 191 g/mol. The van der Waals surface area contributed by atoms with Crippen molar-refractivity contribution in [2.75, 3.05) is 25.0 Å². The van der Waals surface area contributed by atoms with Crippen LogP contribution in [0.5, 0.6) is 0 Å². The molecule has 0 amide bonds. The van der Waals surface area contributed by atoms with Gasteiger partial charge in [-0.15, -0.1) is 0 Å². The summed E-state index contributed by atoms with van der Waals surface area (Å²) >= 11 is 0. The van der Waals surface area contributed by atoms with Gasteiger partial charge in [0.1, 0.15) is 5.82 Å². The number of nitrogens with zero attached hydrogens (tertiary/aromatic N) is 2. The zero-order valence-corrected chi connectivity index (χ0v) is 8.88. The van der Waals surface area contributed by atoms with Crippen LogP contribution in [0.4, 0.5) is 5.82 Å². The van der Waals surface area contributed by atoms with E-state index < -0.39 is 0 Å². The molecule has 0 spiro atoms. The van der Waals surface area contributed by atoms with Crippen LogP contribution in [-0.2, 0) is 6.54 Å². The number of pyridine rings is 1. The molecule has 2 heterocycles. The average Bonchev–Trinajstić information content (AvgIpc) is 2.07. The van der Waals surface area contributed by atoms with Crippen LogP contribution in [0.1, 0.15) is 17.5 Å². The highest BCUT2D eigenvalue weighted by Gasteiger charge is 2.17. The van der Waals surface area contributed by atoms with Crippen molar-refractivity contribution in [3.63, 3.8) is 0 Å². The molecule has 3 nitrogen and oxygen atoms in total. The molecular formula is C11H17N3. The molecule has 76 valence electrons. The SMILES string of the molecule is CNCc1cnc(N2CCC2)c(C)c1. The van der Waals surface area contributed by atoms with Crippen LogP contribution in [0.3, 0.4) is 0 Å². The Morgan fingerprint density at radius 3 is 2.79 bits per heavy atom. The fraction of sp³-hybridized carbons (Fsp3) is 0.545. The molecule has 1 fully saturated rings. The van der Waals surface area contributed by atoms with Crippen LogP contribution in [0, 0.1) is 6.92 Å². The molecule has 1 aliphatic heterocycles. The average molecular weight is 191 g/mol. The summed E-state index contributed by atoms with van der Waals surface area (Å²) in [7, 11) is 1.96. The van der Waals surface area contributed by atoms with E-state index in [1.807, 2.05) is 13.2 Å². The van der Waals surface area contributed by atoms with Crippen molar-refractivity contribution in [2.45, 2.75) is 19.9 Å². The van der Waals surface area contributed by atoms with E-state index in [4.69, 9.17) is 0 Å². The second-order valence-electron chi connectivity index (χ2n) is 3.86. The molecule has 0 saturated carbocycles. The van der Waals surface area contributed by atoms with Crippen LogP contribution in [0.2, 0.25) is 0 Å². The fourth-order valence-electron chi connectivity index (χ4n) is 1.79. The summed E-state index contributed by atoms with van der Waals surface area (Å²) in [6, 6.07) is 2.22. The van der Waals surface area contributed by atoms with Crippen LogP contribution < -0.4 is 10.2 Å². The van der Waals surface area contributed by atoms with E-state index in [0.29, 0.717) is 0 Å². The maximum absolute atomic E-state index is 4.50. The van der Waals surface area contributed by atoms with Gasteiger partial charge in [0.15, 0.2) is 0 Å². The van der Waals surface area contributed by atoms with Crippen molar-refractivity contribution in [3.05, 3.63) is 23.4 Å². The molecule has 0 unspecified atom stereocenters. The van der Waals surface area contributed by atoms with Crippen molar-refractivity contribution >= 4 is 5.82 Å². The summed E-state index contributed by atoms with van der Waals surface area (Å²) in [5.74, 6) is 1.16. The zero-order chi connectivity index (χ0) is 9.97. The first-order valence-electron chi connectivity index (χ1n) is 5.16. The molecule has 0 radical (unpaired) electrons. The van der Waals surface area contributed by atoms with Gasteiger partial charge in [0.05, 0.1) is 0 Å². The molecule has 1 aromatic heterocycles.